The van der Waals surface area contributed by atoms with Crippen LogP contribution in [0.15, 0.2) is 24.5 Å². The van der Waals surface area contributed by atoms with Gasteiger partial charge in [-0.15, -0.1) is 12.4 Å². The molecule has 50 valence electrons. The summed E-state index contributed by atoms with van der Waals surface area (Å²) in [6, 6.07) is 3.22. The van der Waals surface area contributed by atoms with Crippen molar-refractivity contribution in [2.45, 2.75) is 0 Å². The van der Waals surface area contributed by atoms with Crippen molar-refractivity contribution in [3.63, 3.8) is 0 Å². The van der Waals surface area contributed by atoms with Crippen molar-refractivity contribution in [2.75, 3.05) is 5.73 Å². The lowest BCUT2D eigenvalue weighted by molar-refractivity contribution is -0.904. The topological polar surface area (TPSA) is 50.1 Å². The smallest absolute Gasteiger partial charge is 0.224 e. The largest absolute Gasteiger partial charge is 0.398 e. The summed E-state index contributed by atoms with van der Waals surface area (Å²) in [7, 11) is 0. The van der Waals surface area contributed by atoms with E-state index in [2.05, 4.69) is 0 Å². The predicted octanol–water partition coefficient (Wildman–Crippen LogP) is 0.215. The maximum Gasteiger partial charge on any atom is 0.224 e. The van der Waals surface area contributed by atoms with Gasteiger partial charge in [0.05, 0.1) is 0 Å². The second-order valence-electron chi connectivity index (χ2n) is 1.51. The van der Waals surface area contributed by atoms with Gasteiger partial charge < -0.3 is 5.73 Å². The summed E-state index contributed by atoms with van der Waals surface area (Å²) in [5.41, 5.74) is 5.95. The molecule has 0 atom stereocenters. The number of nitrogens with zero attached hydrogens (tertiary/aromatic N) is 1. The third kappa shape index (κ3) is 2.19. The molecular formula is C5H8ClN2O+. The molecular weight excluding hydrogens is 140 g/mol. The molecule has 1 heterocycles. The summed E-state index contributed by atoms with van der Waals surface area (Å²) in [5.74, 6) is 0. The monoisotopic (exact) mass is 147 g/mol. The molecule has 4 heteroatoms. The van der Waals surface area contributed by atoms with Crippen molar-refractivity contribution in [3.05, 3.63) is 24.5 Å². The lowest BCUT2D eigenvalue weighted by atomic mass is 10.4. The van der Waals surface area contributed by atoms with Crippen LogP contribution in [0.25, 0.3) is 0 Å². The lowest BCUT2D eigenvalue weighted by Crippen LogP contribution is -2.27. The normalized spacial score (nSPS) is 8.00. The molecule has 0 aliphatic carbocycles. The van der Waals surface area contributed by atoms with Crippen LogP contribution < -0.4 is 10.5 Å². The molecule has 0 saturated carbocycles. The van der Waals surface area contributed by atoms with Gasteiger partial charge in [-0.1, -0.05) is 0 Å². The number of hydrogen-bond donors (Lipinski definition) is 2. The first-order chi connectivity index (χ1) is 3.79. The third-order valence-corrected chi connectivity index (χ3v) is 0.839. The minimum atomic E-state index is 0. The maximum atomic E-state index is 8.62. The molecule has 0 amide bonds. The molecule has 0 aliphatic rings. The van der Waals surface area contributed by atoms with Gasteiger partial charge in [0, 0.05) is 22.6 Å². The summed E-state index contributed by atoms with van der Waals surface area (Å²) in [5, 5.41) is 8.62. The van der Waals surface area contributed by atoms with Gasteiger partial charge in [-0.3, -0.25) is 5.21 Å². The van der Waals surface area contributed by atoms with Gasteiger partial charge in [0.2, 0.25) is 12.4 Å². The van der Waals surface area contributed by atoms with Crippen molar-refractivity contribution in [1.29, 1.82) is 0 Å². The molecule has 0 aromatic carbocycles. The first kappa shape index (κ1) is 8.04. The molecule has 0 spiro atoms. The summed E-state index contributed by atoms with van der Waals surface area (Å²) < 4.78 is 0.941. The van der Waals surface area contributed by atoms with Crippen LogP contribution in [0.3, 0.4) is 0 Å². The molecule has 3 nitrogen and oxygen atoms in total. The van der Waals surface area contributed by atoms with Gasteiger partial charge in [-0.25, -0.2) is 0 Å². The Labute approximate surface area is 59.1 Å². The van der Waals surface area contributed by atoms with Gasteiger partial charge in [-0.05, 0) is 0 Å². The molecule has 0 unspecified atom stereocenters. The van der Waals surface area contributed by atoms with Crippen LogP contribution in [0.5, 0.6) is 0 Å². The Bertz CT molecular complexity index is 154. The fourth-order valence-electron chi connectivity index (χ4n) is 0.430. The number of halogens is 1. The van der Waals surface area contributed by atoms with Gasteiger partial charge in [0.25, 0.3) is 0 Å². The Morgan fingerprint density at radius 3 is 2.11 bits per heavy atom. The minimum absolute atomic E-state index is 0. The first-order valence-electron chi connectivity index (χ1n) is 2.25. The maximum absolute atomic E-state index is 8.62. The highest BCUT2D eigenvalue weighted by Crippen LogP contribution is 1.91. The van der Waals surface area contributed by atoms with Crippen molar-refractivity contribution < 1.29 is 9.94 Å². The van der Waals surface area contributed by atoms with E-state index in [9.17, 15) is 0 Å². The average molecular weight is 148 g/mol. The number of nitrogen functional groups attached to an aromatic ring is 1. The quantitative estimate of drug-likeness (QED) is 0.407. The highest BCUT2D eigenvalue weighted by atomic mass is 35.5. The number of hydrogen-bond acceptors (Lipinski definition) is 2. The zero-order chi connectivity index (χ0) is 5.98. The molecule has 1 aromatic rings. The lowest BCUT2D eigenvalue weighted by Gasteiger charge is -1.83. The van der Waals surface area contributed by atoms with Crippen LogP contribution in [-0.2, 0) is 0 Å². The van der Waals surface area contributed by atoms with Gasteiger partial charge in [-0.2, -0.15) is 0 Å². The Morgan fingerprint density at radius 1 is 1.33 bits per heavy atom. The van der Waals surface area contributed by atoms with Gasteiger partial charge in [0.15, 0.2) is 0 Å². The number of rotatable bonds is 0. The number of anilines is 1. The molecule has 0 radical (unpaired) electrons. The molecule has 0 aliphatic heterocycles. The summed E-state index contributed by atoms with van der Waals surface area (Å²) in [4.78, 5) is 0. The minimum Gasteiger partial charge on any atom is -0.398 e. The van der Waals surface area contributed by atoms with E-state index < -0.39 is 0 Å². The van der Waals surface area contributed by atoms with Crippen LogP contribution in [-0.4, -0.2) is 5.21 Å². The van der Waals surface area contributed by atoms with E-state index in [1.165, 1.54) is 12.4 Å². The Morgan fingerprint density at radius 2 is 1.78 bits per heavy atom. The van der Waals surface area contributed by atoms with Crippen LogP contribution in [0, 0.1) is 0 Å². The molecule has 9 heavy (non-hydrogen) atoms. The fraction of sp³-hybridized carbons (Fsp3) is 0. The molecule has 1 aromatic heterocycles. The van der Waals surface area contributed by atoms with E-state index in [-0.39, 0.29) is 12.4 Å². The number of nitrogens with two attached hydrogens (primary N) is 1. The van der Waals surface area contributed by atoms with Crippen LogP contribution in [0.2, 0.25) is 0 Å². The van der Waals surface area contributed by atoms with Crippen LogP contribution in [0.1, 0.15) is 0 Å². The van der Waals surface area contributed by atoms with Gasteiger partial charge in [0.1, 0.15) is 0 Å². The summed E-state index contributed by atoms with van der Waals surface area (Å²) in [6.07, 6.45) is 2.94. The van der Waals surface area contributed by atoms with E-state index in [4.69, 9.17) is 10.9 Å². The second-order valence-corrected chi connectivity index (χ2v) is 1.51. The van der Waals surface area contributed by atoms with Crippen molar-refractivity contribution >= 4 is 18.1 Å². The third-order valence-electron chi connectivity index (χ3n) is 0.839. The molecule has 3 N–H and O–H groups in total. The summed E-state index contributed by atoms with van der Waals surface area (Å²) in [6.45, 7) is 0. The average Bonchev–Trinajstić information content (AvgIpc) is 1.77. The number of pyridine rings is 1. The molecule has 0 saturated heterocycles. The Balaban J connectivity index is 0.000000640. The fourth-order valence-corrected chi connectivity index (χ4v) is 0.430. The van der Waals surface area contributed by atoms with E-state index in [0.717, 1.165) is 4.73 Å². The molecule has 0 bridgehead atoms. The highest BCUT2D eigenvalue weighted by molar-refractivity contribution is 5.85. The van der Waals surface area contributed by atoms with E-state index in [1.54, 1.807) is 12.1 Å². The van der Waals surface area contributed by atoms with Crippen molar-refractivity contribution in [2.24, 2.45) is 0 Å². The Kier molecular flexibility index (Phi) is 2.81. The predicted molar refractivity (Wildman–Crippen MR) is 35.5 cm³/mol. The standard InChI is InChI=1S/C5H6N2O.ClH/c6-5-1-3-7(8)4-2-5;/h1-4,6,8H;1H/p+1. The van der Waals surface area contributed by atoms with E-state index >= 15 is 0 Å². The SMILES string of the molecule is Cl.Nc1cc[n+](O)cc1. The molecule has 1 rings (SSSR count). The zero-order valence-corrected chi connectivity index (χ0v) is 5.51. The van der Waals surface area contributed by atoms with Crippen molar-refractivity contribution in [1.82, 2.24) is 0 Å². The second kappa shape index (κ2) is 3.14. The zero-order valence-electron chi connectivity index (χ0n) is 4.69. The summed E-state index contributed by atoms with van der Waals surface area (Å²) >= 11 is 0. The Hall–Kier alpha value is -0.960. The van der Waals surface area contributed by atoms with Crippen LogP contribution >= 0.6 is 12.4 Å². The van der Waals surface area contributed by atoms with E-state index in [1.807, 2.05) is 0 Å². The number of aromatic nitrogens is 1. The van der Waals surface area contributed by atoms with Crippen molar-refractivity contribution in [3.8, 4) is 0 Å². The molecule has 0 fully saturated rings. The first-order valence-corrected chi connectivity index (χ1v) is 2.25. The van der Waals surface area contributed by atoms with E-state index in [0.29, 0.717) is 5.69 Å². The van der Waals surface area contributed by atoms with Crippen LogP contribution in [0.4, 0.5) is 5.69 Å². The van der Waals surface area contributed by atoms with Gasteiger partial charge >= 0.3 is 0 Å². The highest BCUT2D eigenvalue weighted by Gasteiger charge is 1.89.